The van der Waals surface area contributed by atoms with Crippen molar-refractivity contribution >= 4 is 34.8 Å². The van der Waals surface area contributed by atoms with Crippen LogP contribution >= 0.6 is 11.6 Å². The fourth-order valence-electron chi connectivity index (χ4n) is 2.42. The summed E-state index contributed by atoms with van der Waals surface area (Å²) in [4.78, 5) is 24.2. The summed E-state index contributed by atoms with van der Waals surface area (Å²) in [5, 5.41) is 6.29. The third kappa shape index (κ3) is 4.94. The molecule has 3 aromatic carbocycles. The van der Waals surface area contributed by atoms with Gasteiger partial charge in [0, 0.05) is 22.0 Å². The second kappa shape index (κ2) is 8.32. The molecule has 0 spiro atoms. The number of hydrogen-bond donors (Lipinski definition) is 2. The van der Waals surface area contributed by atoms with Crippen molar-refractivity contribution in [2.45, 2.75) is 6.42 Å². The zero-order valence-electron chi connectivity index (χ0n) is 13.9. The first-order valence-corrected chi connectivity index (χ1v) is 8.49. The van der Waals surface area contributed by atoms with Crippen LogP contribution in [0.4, 0.5) is 11.4 Å². The molecule has 0 unspecified atom stereocenters. The molecule has 5 heteroatoms. The highest BCUT2D eigenvalue weighted by atomic mass is 35.5. The van der Waals surface area contributed by atoms with Crippen molar-refractivity contribution in [1.82, 2.24) is 0 Å². The third-order valence-corrected chi connectivity index (χ3v) is 3.99. The number of anilines is 2. The molecule has 26 heavy (non-hydrogen) atoms. The summed E-state index contributed by atoms with van der Waals surface area (Å²) in [5.74, 6) is -0.293. The Morgan fingerprint density at radius 3 is 1.92 bits per heavy atom. The standard InChI is InChI=1S/C21H17ClN2O2/c22-17-8-6-15(7-9-17)14-20(25)23-18-10-12-19(13-11-18)24-21(26)16-4-2-1-3-5-16/h1-13H,14H2,(H,23,25)(H,24,26). The highest BCUT2D eigenvalue weighted by Gasteiger charge is 2.07. The first-order valence-electron chi connectivity index (χ1n) is 8.11. The lowest BCUT2D eigenvalue weighted by molar-refractivity contribution is -0.115. The smallest absolute Gasteiger partial charge is 0.255 e. The van der Waals surface area contributed by atoms with E-state index >= 15 is 0 Å². The molecular formula is C21H17ClN2O2. The first kappa shape index (κ1) is 17.7. The Balaban J connectivity index is 1.56. The van der Waals surface area contributed by atoms with Crippen LogP contribution in [0, 0.1) is 0 Å². The van der Waals surface area contributed by atoms with Crippen LogP contribution in [0.2, 0.25) is 5.02 Å². The molecule has 130 valence electrons. The van der Waals surface area contributed by atoms with E-state index < -0.39 is 0 Å². The van der Waals surface area contributed by atoms with Gasteiger partial charge < -0.3 is 10.6 Å². The number of carbonyl (C=O) groups excluding carboxylic acids is 2. The van der Waals surface area contributed by atoms with E-state index in [2.05, 4.69) is 10.6 Å². The summed E-state index contributed by atoms with van der Waals surface area (Å²) in [5.41, 5.74) is 2.81. The van der Waals surface area contributed by atoms with Gasteiger partial charge in [0.2, 0.25) is 5.91 Å². The van der Waals surface area contributed by atoms with E-state index in [0.717, 1.165) is 5.56 Å². The van der Waals surface area contributed by atoms with Crippen LogP contribution in [0.25, 0.3) is 0 Å². The molecule has 0 fully saturated rings. The summed E-state index contributed by atoms with van der Waals surface area (Å²) in [6.45, 7) is 0. The second-order valence-electron chi connectivity index (χ2n) is 5.75. The van der Waals surface area contributed by atoms with Crippen molar-refractivity contribution in [3.8, 4) is 0 Å². The zero-order valence-corrected chi connectivity index (χ0v) is 14.7. The maximum Gasteiger partial charge on any atom is 0.255 e. The molecule has 2 N–H and O–H groups in total. The van der Waals surface area contributed by atoms with E-state index in [0.29, 0.717) is 22.0 Å². The summed E-state index contributed by atoms with van der Waals surface area (Å²) in [7, 11) is 0. The highest BCUT2D eigenvalue weighted by molar-refractivity contribution is 6.30. The minimum absolute atomic E-state index is 0.117. The maximum atomic E-state index is 12.1. The van der Waals surface area contributed by atoms with Crippen LogP contribution in [-0.4, -0.2) is 11.8 Å². The normalized spacial score (nSPS) is 10.2. The summed E-state index contributed by atoms with van der Waals surface area (Å²) < 4.78 is 0. The van der Waals surface area contributed by atoms with E-state index in [1.807, 2.05) is 30.3 Å². The van der Waals surface area contributed by atoms with E-state index in [1.165, 1.54) is 0 Å². The maximum absolute atomic E-state index is 12.1. The van der Waals surface area contributed by atoms with Gasteiger partial charge in [0.15, 0.2) is 0 Å². The SMILES string of the molecule is O=C(Cc1ccc(Cl)cc1)Nc1ccc(NC(=O)c2ccccc2)cc1. The molecule has 0 atom stereocenters. The third-order valence-electron chi connectivity index (χ3n) is 3.74. The predicted octanol–water partition coefficient (Wildman–Crippen LogP) is 4.77. The number of nitrogens with one attached hydrogen (secondary N) is 2. The molecule has 4 nitrogen and oxygen atoms in total. The molecule has 0 bridgehead atoms. The summed E-state index contributed by atoms with van der Waals surface area (Å²) >= 11 is 5.84. The molecule has 0 radical (unpaired) electrons. The largest absolute Gasteiger partial charge is 0.326 e. The van der Waals surface area contributed by atoms with Gasteiger partial charge >= 0.3 is 0 Å². The minimum atomic E-state index is -0.176. The number of benzene rings is 3. The van der Waals surface area contributed by atoms with E-state index in [1.54, 1.807) is 48.5 Å². The van der Waals surface area contributed by atoms with Crippen LogP contribution in [0.15, 0.2) is 78.9 Å². The Labute approximate surface area is 156 Å². The van der Waals surface area contributed by atoms with Crippen molar-refractivity contribution in [3.63, 3.8) is 0 Å². The van der Waals surface area contributed by atoms with Crippen molar-refractivity contribution < 1.29 is 9.59 Å². The lowest BCUT2D eigenvalue weighted by atomic mass is 10.1. The number of hydrogen-bond acceptors (Lipinski definition) is 2. The van der Waals surface area contributed by atoms with Crippen molar-refractivity contribution in [1.29, 1.82) is 0 Å². The summed E-state index contributed by atoms with van der Waals surface area (Å²) in [6.07, 6.45) is 0.268. The molecule has 0 aliphatic rings. The minimum Gasteiger partial charge on any atom is -0.326 e. The number of rotatable bonds is 5. The Bertz CT molecular complexity index is 892. The van der Waals surface area contributed by atoms with Gasteiger partial charge in [-0.1, -0.05) is 41.9 Å². The van der Waals surface area contributed by atoms with Gasteiger partial charge in [-0.2, -0.15) is 0 Å². The molecule has 0 saturated heterocycles. The van der Waals surface area contributed by atoms with Gasteiger partial charge in [-0.05, 0) is 54.1 Å². The van der Waals surface area contributed by atoms with Crippen molar-refractivity contribution in [2.75, 3.05) is 10.6 Å². The first-order chi connectivity index (χ1) is 12.6. The topological polar surface area (TPSA) is 58.2 Å². The number of amides is 2. The Morgan fingerprint density at radius 2 is 1.31 bits per heavy atom. The van der Waals surface area contributed by atoms with Gasteiger partial charge in [0.25, 0.3) is 5.91 Å². The Hall–Kier alpha value is -3.11. The highest BCUT2D eigenvalue weighted by Crippen LogP contribution is 2.16. The molecule has 0 aliphatic heterocycles. The molecule has 0 heterocycles. The van der Waals surface area contributed by atoms with Crippen LogP contribution in [0.3, 0.4) is 0 Å². The van der Waals surface area contributed by atoms with E-state index in [-0.39, 0.29) is 18.2 Å². The summed E-state index contributed by atoms with van der Waals surface area (Å²) in [6, 6.07) is 23.2. The molecule has 3 rings (SSSR count). The molecule has 0 saturated carbocycles. The Kier molecular flexibility index (Phi) is 5.66. The van der Waals surface area contributed by atoms with Crippen molar-refractivity contribution in [3.05, 3.63) is 95.0 Å². The fraction of sp³-hybridized carbons (Fsp3) is 0.0476. The van der Waals surface area contributed by atoms with Gasteiger partial charge in [-0.15, -0.1) is 0 Å². The monoisotopic (exact) mass is 364 g/mol. The molecule has 3 aromatic rings. The van der Waals surface area contributed by atoms with Crippen LogP contribution < -0.4 is 10.6 Å². The van der Waals surface area contributed by atoms with Gasteiger partial charge in [0.05, 0.1) is 6.42 Å². The zero-order chi connectivity index (χ0) is 18.4. The fourth-order valence-corrected chi connectivity index (χ4v) is 2.55. The van der Waals surface area contributed by atoms with E-state index in [4.69, 9.17) is 11.6 Å². The van der Waals surface area contributed by atoms with E-state index in [9.17, 15) is 9.59 Å². The van der Waals surface area contributed by atoms with Crippen LogP contribution in [-0.2, 0) is 11.2 Å². The van der Waals surface area contributed by atoms with Gasteiger partial charge in [-0.3, -0.25) is 9.59 Å². The second-order valence-corrected chi connectivity index (χ2v) is 6.19. The average Bonchev–Trinajstić information content (AvgIpc) is 2.66. The van der Waals surface area contributed by atoms with Gasteiger partial charge in [-0.25, -0.2) is 0 Å². The molecular weight excluding hydrogens is 348 g/mol. The lowest BCUT2D eigenvalue weighted by Gasteiger charge is -2.08. The van der Waals surface area contributed by atoms with Gasteiger partial charge in [0.1, 0.15) is 0 Å². The van der Waals surface area contributed by atoms with Crippen LogP contribution in [0.5, 0.6) is 0 Å². The quantitative estimate of drug-likeness (QED) is 0.684. The average molecular weight is 365 g/mol. The van der Waals surface area contributed by atoms with Crippen LogP contribution in [0.1, 0.15) is 15.9 Å². The number of carbonyl (C=O) groups is 2. The molecule has 0 aliphatic carbocycles. The molecule has 0 aromatic heterocycles. The predicted molar refractivity (Wildman–Crippen MR) is 105 cm³/mol. The van der Waals surface area contributed by atoms with Crippen molar-refractivity contribution in [2.24, 2.45) is 0 Å². The lowest BCUT2D eigenvalue weighted by Crippen LogP contribution is -2.14. The number of halogens is 1. The molecule has 2 amide bonds. The Morgan fingerprint density at radius 1 is 0.731 bits per heavy atom.